The summed E-state index contributed by atoms with van der Waals surface area (Å²) in [4.78, 5) is 0. The normalized spacial score (nSPS) is 23.1. The van der Waals surface area contributed by atoms with Crippen molar-refractivity contribution in [2.24, 2.45) is 10.3 Å². The maximum Gasteiger partial charge on any atom is 0.124 e. The van der Waals surface area contributed by atoms with Crippen LogP contribution in [0.15, 0.2) is 28.5 Å². The molecule has 0 N–H and O–H groups in total. The zero-order valence-corrected chi connectivity index (χ0v) is 12.4. The highest BCUT2D eigenvalue weighted by Gasteiger charge is 2.36. The lowest BCUT2D eigenvalue weighted by atomic mass is 10.0. The Kier molecular flexibility index (Phi) is 4.36. The van der Waals surface area contributed by atoms with Gasteiger partial charge in [-0.2, -0.15) is 5.11 Å². The molecule has 0 spiro atoms. The summed E-state index contributed by atoms with van der Waals surface area (Å²) in [5, 5.41) is 11.6. The smallest absolute Gasteiger partial charge is 0.124 e. The number of alkyl halides is 1. The van der Waals surface area contributed by atoms with Crippen LogP contribution in [0.5, 0.6) is 0 Å². The zero-order valence-electron chi connectivity index (χ0n) is 10.1. The average molecular weight is 307 g/mol. The summed E-state index contributed by atoms with van der Waals surface area (Å²) >= 11 is 18.5. The summed E-state index contributed by atoms with van der Waals surface area (Å²) in [5.41, 5.74) is 0.804. The highest BCUT2D eigenvalue weighted by Crippen LogP contribution is 2.40. The van der Waals surface area contributed by atoms with Gasteiger partial charge >= 0.3 is 0 Å². The predicted octanol–water partition coefficient (Wildman–Crippen LogP) is 4.73. The Balaban J connectivity index is 2.37. The molecule has 0 bridgehead atoms. The predicted molar refractivity (Wildman–Crippen MR) is 75.5 cm³/mol. The minimum atomic E-state index is -0.203. The molecule has 98 valence electrons. The topological polar surface area (TPSA) is 28.0 Å². The Morgan fingerprint density at radius 1 is 1.28 bits per heavy atom. The minimum absolute atomic E-state index is 0.0101. The molecule has 0 amide bonds. The molecule has 0 aromatic heterocycles. The van der Waals surface area contributed by atoms with Crippen molar-refractivity contribution in [3.8, 4) is 0 Å². The Bertz CT molecular complexity index is 442. The van der Waals surface area contributed by atoms with Crippen LogP contribution in [0.1, 0.15) is 25.5 Å². The minimum Gasteiger partial charge on any atom is -0.269 e. The van der Waals surface area contributed by atoms with E-state index in [1.165, 1.54) is 0 Å². The molecule has 1 aliphatic heterocycles. The molecule has 2 unspecified atom stereocenters. The van der Waals surface area contributed by atoms with Gasteiger partial charge in [0, 0.05) is 27.5 Å². The molecule has 3 nitrogen and oxygen atoms in total. The van der Waals surface area contributed by atoms with Gasteiger partial charge in [0.2, 0.25) is 0 Å². The van der Waals surface area contributed by atoms with E-state index < -0.39 is 0 Å². The number of hydrogen-bond donors (Lipinski definition) is 0. The van der Waals surface area contributed by atoms with E-state index in [4.69, 9.17) is 34.8 Å². The van der Waals surface area contributed by atoms with E-state index >= 15 is 0 Å². The van der Waals surface area contributed by atoms with Gasteiger partial charge in [0.15, 0.2) is 0 Å². The lowest BCUT2D eigenvalue weighted by Crippen LogP contribution is -2.37. The molecule has 2 atom stereocenters. The van der Waals surface area contributed by atoms with Gasteiger partial charge in [0.25, 0.3) is 0 Å². The number of halogens is 3. The van der Waals surface area contributed by atoms with Gasteiger partial charge < -0.3 is 0 Å². The second-order valence-electron chi connectivity index (χ2n) is 4.48. The van der Waals surface area contributed by atoms with E-state index in [1.54, 1.807) is 0 Å². The molecule has 1 heterocycles. The fraction of sp³-hybridized carbons (Fsp3) is 0.500. The van der Waals surface area contributed by atoms with E-state index in [9.17, 15) is 0 Å². The van der Waals surface area contributed by atoms with Gasteiger partial charge in [-0.3, -0.25) is 5.01 Å². The molecule has 0 saturated carbocycles. The van der Waals surface area contributed by atoms with Gasteiger partial charge in [0.1, 0.15) is 6.04 Å². The number of benzene rings is 1. The van der Waals surface area contributed by atoms with Crippen LogP contribution in [0, 0.1) is 0 Å². The first-order valence-corrected chi connectivity index (χ1v) is 7.04. The molecule has 0 saturated heterocycles. The lowest BCUT2D eigenvalue weighted by Gasteiger charge is -2.27. The molecule has 2 rings (SSSR count). The van der Waals surface area contributed by atoms with Crippen molar-refractivity contribution >= 4 is 34.8 Å². The summed E-state index contributed by atoms with van der Waals surface area (Å²) in [7, 11) is 0. The molecule has 18 heavy (non-hydrogen) atoms. The molecular weight excluding hydrogens is 293 g/mol. The van der Waals surface area contributed by atoms with E-state index in [2.05, 4.69) is 24.2 Å². The largest absolute Gasteiger partial charge is 0.269 e. The number of hydrogen-bond acceptors (Lipinski definition) is 3. The first kappa shape index (κ1) is 13.9. The molecule has 0 fully saturated rings. The summed E-state index contributed by atoms with van der Waals surface area (Å²) in [5.74, 6) is 0.428. The quantitative estimate of drug-likeness (QED) is 0.742. The van der Waals surface area contributed by atoms with Crippen LogP contribution in [-0.2, 0) is 0 Å². The molecule has 6 heteroatoms. The van der Waals surface area contributed by atoms with Crippen LogP contribution < -0.4 is 0 Å². The SMILES string of the molecule is CC(C)N1N=NC(c2c(Cl)cccc2Cl)C1CCl. The Hall–Kier alpha value is -0.510. The zero-order chi connectivity index (χ0) is 13.3. The Labute approximate surface area is 122 Å². The molecule has 0 aliphatic carbocycles. The van der Waals surface area contributed by atoms with E-state index in [1.807, 2.05) is 23.2 Å². The highest BCUT2D eigenvalue weighted by atomic mass is 35.5. The molecule has 0 radical (unpaired) electrons. The highest BCUT2D eigenvalue weighted by molar-refractivity contribution is 6.36. The van der Waals surface area contributed by atoms with Crippen molar-refractivity contribution in [3.05, 3.63) is 33.8 Å². The summed E-state index contributed by atoms with van der Waals surface area (Å²) in [6, 6.07) is 5.46. The third-order valence-corrected chi connectivity index (χ3v) is 3.94. The molecular formula is C12H14Cl3N3. The maximum absolute atomic E-state index is 6.21. The molecule has 1 aromatic carbocycles. The first-order chi connectivity index (χ1) is 8.56. The van der Waals surface area contributed by atoms with Crippen LogP contribution in [0.3, 0.4) is 0 Å². The number of nitrogens with zero attached hydrogens (tertiary/aromatic N) is 3. The maximum atomic E-state index is 6.21. The molecule has 1 aromatic rings. The van der Waals surface area contributed by atoms with Crippen LogP contribution in [0.2, 0.25) is 10.0 Å². The van der Waals surface area contributed by atoms with Crippen molar-refractivity contribution in [3.63, 3.8) is 0 Å². The van der Waals surface area contributed by atoms with Gasteiger partial charge in [-0.05, 0) is 26.0 Å². The third kappa shape index (κ3) is 2.44. The van der Waals surface area contributed by atoms with E-state index in [-0.39, 0.29) is 18.1 Å². The Morgan fingerprint density at radius 3 is 2.39 bits per heavy atom. The van der Waals surface area contributed by atoms with Crippen LogP contribution >= 0.6 is 34.8 Å². The third-order valence-electron chi connectivity index (χ3n) is 2.97. The van der Waals surface area contributed by atoms with Gasteiger partial charge in [-0.1, -0.05) is 34.5 Å². The van der Waals surface area contributed by atoms with Crippen LogP contribution in [0.25, 0.3) is 0 Å². The van der Waals surface area contributed by atoms with Gasteiger partial charge in [-0.25, -0.2) is 0 Å². The van der Waals surface area contributed by atoms with Gasteiger partial charge in [0.05, 0.1) is 6.04 Å². The molecule has 1 aliphatic rings. The fourth-order valence-electron chi connectivity index (χ4n) is 2.09. The van der Waals surface area contributed by atoms with Crippen molar-refractivity contribution in [1.29, 1.82) is 0 Å². The van der Waals surface area contributed by atoms with Crippen molar-refractivity contribution in [2.45, 2.75) is 32.0 Å². The van der Waals surface area contributed by atoms with E-state index in [0.717, 1.165) is 5.56 Å². The van der Waals surface area contributed by atoms with Crippen molar-refractivity contribution in [2.75, 3.05) is 5.88 Å². The second-order valence-corrected chi connectivity index (χ2v) is 5.60. The van der Waals surface area contributed by atoms with Crippen LogP contribution in [-0.4, -0.2) is 23.0 Å². The first-order valence-electron chi connectivity index (χ1n) is 5.75. The van der Waals surface area contributed by atoms with Crippen molar-refractivity contribution in [1.82, 2.24) is 5.01 Å². The second kappa shape index (κ2) is 5.64. The number of rotatable bonds is 3. The average Bonchev–Trinajstić information content (AvgIpc) is 2.72. The Morgan fingerprint density at radius 2 is 1.89 bits per heavy atom. The van der Waals surface area contributed by atoms with E-state index in [0.29, 0.717) is 15.9 Å². The monoisotopic (exact) mass is 305 g/mol. The lowest BCUT2D eigenvalue weighted by molar-refractivity contribution is 0.188. The van der Waals surface area contributed by atoms with Crippen molar-refractivity contribution < 1.29 is 0 Å². The summed E-state index contributed by atoms with van der Waals surface area (Å²) in [6.45, 7) is 4.10. The summed E-state index contributed by atoms with van der Waals surface area (Å²) in [6.07, 6.45) is 0. The summed E-state index contributed by atoms with van der Waals surface area (Å²) < 4.78 is 0. The fourth-order valence-corrected chi connectivity index (χ4v) is 3.02. The standard InChI is InChI=1S/C12H14Cl3N3/c1-7(2)18-10(6-13)12(16-17-18)11-8(14)4-3-5-9(11)15/h3-5,7,10,12H,6H2,1-2H3. The van der Waals surface area contributed by atoms with Crippen LogP contribution in [0.4, 0.5) is 0 Å². The van der Waals surface area contributed by atoms with Gasteiger partial charge in [-0.15, -0.1) is 11.6 Å².